The molecule has 102 valence electrons. The van der Waals surface area contributed by atoms with E-state index in [1.54, 1.807) is 0 Å². The van der Waals surface area contributed by atoms with E-state index in [2.05, 4.69) is 41.2 Å². The molecule has 18 heavy (non-hydrogen) atoms. The highest BCUT2D eigenvalue weighted by atomic mass is 32.2. The van der Waals surface area contributed by atoms with E-state index in [0.717, 1.165) is 18.2 Å². The van der Waals surface area contributed by atoms with Crippen LogP contribution in [0.3, 0.4) is 0 Å². The minimum atomic E-state index is 0.627. The van der Waals surface area contributed by atoms with Gasteiger partial charge < -0.3 is 9.88 Å². The first-order valence-electron chi connectivity index (χ1n) is 7.03. The molecule has 0 radical (unpaired) electrons. The summed E-state index contributed by atoms with van der Waals surface area (Å²) < 4.78 is 2.38. The molecular formula is C14H25N3S. The molecule has 1 aromatic heterocycles. The third-order valence-electron chi connectivity index (χ3n) is 3.77. The molecule has 1 N–H and O–H groups in total. The molecule has 1 aliphatic rings. The van der Waals surface area contributed by atoms with Crippen molar-refractivity contribution in [2.24, 2.45) is 0 Å². The lowest BCUT2D eigenvalue weighted by Crippen LogP contribution is -2.19. The molecule has 0 spiro atoms. The molecular weight excluding hydrogens is 242 g/mol. The van der Waals surface area contributed by atoms with Gasteiger partial charge in [0.2, 0.25) is 5.95 Å². The zero-order valence-corrected chi connectivity index (χ0v) is 12.6. The molecule has 4 heteroatoms. The highest BCUT2D eigenvalue weighted by Gasteiger charge is 2.18. The number of thioether (sulfide) groups is 1. The van der Waals surface area contributed by atoms with Crippen LogP contribution in [0.15, 0.2) is 6.20 Å². The summed E-state index contributed by atoms with van der Waals surface area (Å²) in [5, 5.41) is 4.14. The van der Waals surface area contributed by atoms with Crippen molar-refractivity contribution >= 4 is 17.7 Å². The number of aryl methyl sites for hydroxylation is 1. The Labute approximate surface area is 115 Å². The van der Waals surface area contributed by atoms with Crippen LogP contribution in [0.4, 0.5) is 5.95 Å². The van der Waals surface area contributed by atoms with Crippen LogP contribution in [0.2, 0.25) is 0 Å². The fourth-order valence-electron chi connectivity index (χ4n) is 2.60. The molecule has 1 aromatic rings. The van der Waals surface area contributed by atoms with Gasteiger partial charge in [-0.1, -0.05) is 26.2 Å². The number of imidazole rings is 1. The van der Waals surface area contributed by atoms with E-state index in [1.807, 2.05) is 11.8 Å². The molecule has 1 saturated carbocycles. The molecule has 1 aliphatic carbocycles. The van der Waals surface area contributed by atoms with Gasteiger partial charge >= 0.3 is 0 Å². The van der Waals surface area contributed by atoms with Gasteiger partial charge in [0.25, 0.3) is 0 Å². The molecule has 3 nitrogen and oxygen atoms in total. The molecule has 1 heterocycles. The standard InChI is InChI=1S/C14H25N3S/c1-11-10-17(13-7-5-4-6-8-13)14(16-11)15-9-12(2)18-3/h10,12-13H,4-9H2,1-3H3,(H,15,16). The Kier molecular flexibility index (Phi) is 4.98. The van der Waals surface area contributed by atoms with Crippen LogP contribution in [0.5, 0.6) is 0 Å². The van der Waals surface area contributed by atoms with E-state index >= 15 is 0 Å². The van der Waals surface area contributed by atoms with Crippen molar-refractivity contribution in [2.75, 3.05) is 18.1 Å². The molecule has 0 aliphatic heterocycles. The Morgan fingerprint density at radius 2 is 2.17 bits per heavy atom. The van der Waals surface area contributed by atoms with Gasteiger partial charge in [0, 0.05) is 24.0 Å². The number of hydrogen-bond acceptors (Lipinski definition) is 3. The summed E-state index contributed by atoms with van der Waals surface area (Å²) in [6.45, 7) is 5.32. The van der Waals surface area contributed by atoms with Gasteiger partial charge in [0.1, 0.15) is 0 Å². The average molecular weight is 267 g/mol. The Hall–Kier alpha value is -0.640. The largest absolute Gasteiger partial charge is 0.355 e. The molecule has 0 amide bonds. The minimum Gasteiger partial charge on any atom is -0.355 e. The molecule has 1 atom stereocenters. The SMILES string of the molecule is CSC(C)CNc1nc(C)cn1C1CCCCC1. The van der Waals surface area contributed by atoms with Crippen LogP contribution in [0, 0.1) is 6.92 Å². The lowest BCUT2D eigenvalue weighted by atomic mass is 9.95. The second-order valence-electron chi connectivity index (χ2n) is 5.33. The van der Waals surface area contributed by atoms with E-state index in [4.69, 9.17) is 0 Å². The first-order valence-corrected chi connectivity index (χ1v) is 8.31. The second-order valence-corrected chi connectivity index (χ2v) is 6.61. The first-order chi connectivity index (χ1) is 8.70. The van der Waals surface area contributed by atoms with Crippen molar-refractivity contribution in [3.63, 3.8) is 0 Å². The summed E-state index contributed by atoms with van der Waals surface area (Å²) in [6, 6.07) is 0.659. The predicted octanol–water partition coefficient (Wildman–Crippen LogP) is 3.86. The van der Waals surface area contributed by atoms with E-state index in [1.165, 1.54) is 32.1 Å². The van der Waals surface area contributed by atoms with E-state index < -0.39 is 0 Å². The summed E-state index contributed by atoms with van der Waals surface area (Å²) in [6.07, 6.45) is 11.1. The number of nitrogens with zero attached hydrogens (tertiary/aromatic N) is 2. The summed E-state index contributed by atoms with van der Waals surface area (Å²) in [5.41, 5.74) is 1.12. The van der Waals surface area contributed by atoms with Gasteiger partial charge in [-0.05, 0) is 26.0 Å². The average Bonchev–Trinajstić information content (AvgIpc) is 2.78. The quantitative estimate of drug-likeness (QED) is 0.878. The highest BCUT2D eigenvalue weighted by Crippen LogP contribution is 2.30. The summed E-state index contributed by atoms with van der Waals surface area (Å²) in [7, 11) is 0. The number of aromatic nitrogens is 2. The molecule has 0 aromatic carbocycles. The van der Waals surface area contributed by atoms with Gasteiger partial charge in [-0.15, -0.1) is 0 Å². The van der Waals surface area contributed by atoms with Crippen molar-refractivity contribution in [1.29, 1.82) is 0 Å². The van der Waals surface area contributed by atoms with E-state index in [0.29, 0.717) is 11.3 Å². The van der Waals surface area contributed by atoms with Crippen LogP contribution in [-0.4, -0.2) is 27.6 Å². The Balaban J connectivity index is 2.04. The van der Waals surface area contributed by atoms with Crippen molar-refractivity contribution in [2.45, 2.75) is 57.2 Å². The van der Waals surface area contributed by atoms with Gasteiger partial charge in [0.15, 0.2) is 0 Å². The van der Waals surface area contributed by atoms with E-state index in [9.17, 15) is 0 Å². The molecule has 2 rings (SSSR count). The monoisotopic (exact) mass is 267 g/mol. The van der Waals surface area contributed by atoms with Crippen molar-refractivity contribution < 1.29 is 0 Å². The third-order valence-corrected chi connectivity index (χ3v) is 4.74. The van der Waals surface area contributed by atoms with Crippen LogP contribution >= 0.6 is 11.8 Å². The van der Waals surface area contributed by atoms with Crippen LogP contribution in [0.25, 0.3) is 0 Å². The summed E-state index contributed by atoms with van der Waals surface area (Å²) >= 11 is 1.89. The van der Waals surface area contributed by atoms with Crippen molar-refractivity contribution in [1.82, 2.24) is 9.55 Å². The number of nitrogens with one attached hydrogen (secondary N) is 1. The van der Waals surface area contributed by atoms with Crippen LogP contribution < -0.4 is 5.32 Å². The molecule has 0 bridgehead atoms. The van der Waals surface area contributed by atoms with Gasteiger partial charge in [-0.3, -0.25) is 0 Å². The smallest absolute Gasteiger partial charge is 0.203 e. The number of hydrogen-bond donors (Lipinski definition) is 1. The summed E-state index contributed by atoms with van der Waals surface area (Å²) in [5.74, 6) is 1.07. The Bertz CT molecular complexity index is 369. The first kappa shape index (κ1) is 13.8. The maximum atomic E-state index is 4.63. The normalized spacial score (nSPS) is 18.8. The maximum absolute atomic E-state index is 4.63. The third kappa shape index (κ3) is 3.44. The van der Waals surface area contributed by atoms with Crippen molar-refractivity contribution in [3.8, 4) is 0 Å². The molecule has 1 fully saturated rings. The lowest BCUT2D eigenvalue weighted by molar-refractivity contribution is 0.355. The maximum Gasteiger partial charge on any atom is 0.203 e. The topological polar surface area (TPSA) is 29.9 Å². The zero-order valence-electron chi connectivity index (χ0n) is 11.8. The number of rotatable bonds is 5. The predicted molar refractivity (Wildman–Crippen MR) is 80.6 cm³/mol. The van der Waals surface area contributed by atoms with Crippen LogP contribution in [0.1, 0.15) is 50.8 Å². The Morgan fingerprint density at radius 1 is 1.44 bits per heavy atom. The highest BCUT2D eigenvalue weighted by molar-refractivity contribution is 7.99. The molecule has 1 unspecified atom stereocenters. The summed E-state index contributed by atoms with van der Waals surface area (Å²) in [4.78, 5) is 4.63. The second kappa shape index (κ2) is 6.50. The van der Waals surface area contributed by atoms with Gasteiger partial charge in [-0.25, -0.2) is 4.98 Å². The number of anilines is 1. The van der Waals surface area contributed by atoms with Crippen molar-refractivity contribution in [3.05, 3.63) is 11.9 Å². The molecule has 0 saturated heterocycles. The Morgan fingerprint density at radius 3 is 2.83 bits per heavy atom. The zero-order chi connectivity index (χ0) is 13.0. The van der Waals surface area contributed by atoms with Gasteiger partial charge in [-0.2, -0.15) is 11.8 Å². The van der Waals surface area contributed by atoms with E-state index in [-0.39, 0.29) is 0 Å². The lowest BCUT2D eigenvalue weighted by Gasteiger charge is -2.25. The van der Waals surface area contributed by atoms with Crippen LogP contribution in [-0.2, 0) is 0 Å². The fraction of sp³-hybridized carbons (Fsp3) is 0.786. The van der Waals surface area contributed by atoms with Gasteiger partial charge in [0.05, 0.1) is 5.69 Å². The minimum absolute atomic E-state index is 0.627. The fourth-order valence-corrected chi connectivity index (χ4v) is 2.85.